The highest BCUT2D eigenvalue weighted by Gasteiger charge is 2.17. The first-order valence-electron chi connectivity index (χ1n) is 6.33. The highest BCUT2D eigenvalue weighted by atomic mass is 35.5. The molecule has 1 aromatic carbocycles. The number of ether oxygens (including phenoxy) is 1. The minimum atomic E-state index is -0.430. The number of rotatable bonds is 4. The standard InChI is InChI=1S/C14H14ClN3O3/c1-8(2)12-13(15)16-7-17-14(12)21-10-4-5-11(18(19)20)9(3)6-10/h4-8H,1-3H3. The van der Waals surface area contributed by atoms with Gasteiger partial charge in [0.25, 0.3) is 5.69 Å². The summed E-state index contributed by atoms with van der Waals surface area (Å²) in [6.45, 7) is 5.57. The van der Waals surface area contributed by atoms with Crippen LogP contribution in [0.4, 0.5) is 5.69 Å². The summed E-state index contributed by atoms with van der Waals surface area (Å²) >= 11 is 6.07. The Morgan fingerprint density at radius 3 is 2.62 bits per heavy atom. The van der Waals surface area contributed by atoms with Crippen molar-refractivity contribution in [3.63, 3.8) is 0 Å². The van der Waals surface area contributed by atoms with E-state index in [2.05, 4.69) is 9.97 Å². The molecule has 0 spiro atoms. The Labute approximate surface area is 126 Å². The molecule has 0 amide bonds. The number of nitro benzene ring substituents is 1. The summed E-state index contributed by atoms with van der Waals surface area (Å²) in [7, 11) is 0. The second-order valence-electron chi connectivity index (χ2n) is 4.85. The number of nitrogens with zero attached hydrogens (tertiary/aromatic N) is 3. The normalized spacial score (nSPS) is 10.7. The van der Waals surface area contributed by atoms with Gasteiger partial charge in [-0.3, -0.25) is 10.1 Å². The van der Waals surface area contributed by atoms with Crippen LogP contribution in [0.3, 0.4) is 0 Å². The molecule has 110 valence electrons. The minimum Gasteiger partial charge on any atom is -0.439 e. The van der Waals surface area contributed by atoms with Crippen LogP contribution in [0.2, 0.25) is 5.15 Å². The maximum Gasteiger partial charge on any atom is 0.272 e. The van der Waals surface area contributed by atoms with Crippen LogP contribution in [0.1, 0.15) is 30.9 Å². The largest absolute Gasteiger partial charge is 0.439 e. The van der Waals surface area contributed by atoms with Crippen LogP contribution in [0.15, 0.2) is 24.5 Å². The Bertz CT molecular complexity index is 689. The van der Waals surface area contributed by atoms with Crippen molar-refractivity contribution in [3.05, 3.63) is 50.9 Å². The highest BCUT2D eigenvalue weighted by Crippen LogP contribution is 2.33. The van der Waals surface area contributed by atoms with Gasteiger partial charge >= 0.3 is 0 Å². The molecule has 2 aromatic rings. The van der Waals surface area contributed by atoms with E-state index in [4.69, 9.17) is 16.3 Å². The fraction of sp³-hybridized carbons (Fsp3) is 0.286. The van der Waals surface area contributed by atoms with Crippen LogP contribution in [-0.4, -0.2) is 14.9 Å². The molecule has 0 fully saturated rings. The van der Waals surface area contributed by atoms with Gasteiger partial charge in [0.15, 0.2) is 0 Å². The number of hydrogen-bond donors (Lipinski definition) is 0. The van der Waals surface area contributed by atoms with E-state index in [0.717, 1.165) is 0 Å². The second kappa shape index (κ2) is 6.05. The van der Waals surface area contributed by atoms with Gasteiger partial charge in [-0.25, -0.2) is 9.97 Å². The van der Waals surface area contributed by atoms with Crippen molar-refractivity contribution in [1.82, 2.24) is 9.97 Å². The first kappa shape index (κ1) is 15.2. The van der Waals surface area contributed by atoms with Gasteiger partial charge in [-0.15, -0.1) is 0 Å². The molecule has 6 nitrogen and oxygen atoms in total. The molecule has 0 saturated carbocycles. The average molecular weight is 308 g/mol. The van der Waals surface area contributed by atoms with Crippen molar-refractivity contribution in [2.24, 2.45) is 0 Å². The molecular formula is C14H14ClN3O3. The lowest BCUT2D eigenvalue weighted by molar-refractivity contribution is -0.385. The number of aromatic nitrogens is 2. The van der Waals surface area contributed by atoms with Gasteiger partial charge in [0, 0.05) is 11.6 Å². The lowest BCUT2D eigenvalue weighted by Gasteiger charge is -2.13. The highest BCUT2D eigenvalue weighted by molar-refractivity contribution is 6.30. The number of hydrogen-bond acceptors (Lipinski definition) is 5. The van der Waals surface area contributed by atoms with E-state index in [1.807, 2.05) is 13.8 Å². The third-order valence-corrected chi connectivity index (χ3v) is 3.26. The molecule has 0 saturated heterocycles. The summed E-state index contributed by atoms with van der Waals surface area (Å²) in [5.74, 6) is 0.917. The predicted molar refractivity (Wildman–Crippen MR) is 79.0 cm³/mol. The zero-order chi connectivity index (χ0) is 15.6. The first-order valence-corrected chi connectivity index (χ1v) is 6.71. The van der Waals surface area contributed by atoms with Crippen molar-refractivity contribution in [2.75, 3.05) is 0 Å². The van der Waals surface area contributed by atoms with Crippen molar-refractivity contribution >= 4 is 17.3 Å². The third kappa shape index (κ3) is 3.28. The molecule has 7 heteroatoms. The lowest BCUT2D eigenvalue weighted by atomic mass is 10.1. The molecule has 0 unspecified atom stereocenters. The van der Waals surface area contributed by atoms with Crippen LogP contribution < -0.4 is 4.74 Å². The smallest absolute Gasteiger partial charge is 0.272 e. The summed E-state index contributed by atoms with van der Waals surface area (Å²) in [6, 6.07) is 4.53. The van der Waals surface area contributed by atoms with Gasteiger partial charge in [0.05, 0.1) is 10.5 Å². The van der Waals surface area contributed by atoms with E-state index in [-0.39, 0.29) is 11.6 Å². The van der Waals surface area contributed by atoms with Crippen molar-refractivity contribution in [2.45, 2.75) is 26.7 Å². The monoisotopic (exact) mass is 307 g/mol. The molecule has 0 N–H and O–H groups in total. The quantitative estimate of drug-likeness (QED) is 0.479. The molecule has 21 heavy (non-hydrogen) atoms. The average Bonchev–Trinajstić information content (AvgIpc) is 2.37. The predicted octanol–water partition coefficient (Wildman–Crippen LogP) is 4.26. The van der Waals surface area contributed by atoms with Gasteiger partial charge in [0.2, 0.25) is 5.88 Å². The molecule has 1 aromatic heterocycles. The SMILES string of the molecule is Cc1cc(Oc2ncnc(Cl)c2C(C)C)ccc1[N+](=O)[O-]. The Kier molecular flexibility index (Phi) is 4.37. The molecular weight excluding hydrogens is 294 g/mol. The minimum absolute atomic E-state index is 0.0483. The van der Waals surface area contributed by atoms with Gasteiger partial charge in [-0.2, -0.15) is 0 Å². The molecule has 2 rings (SSSR count). The zero-order valence-electron chi connectivity index (χ0n) is 11.8. The van der Waals surface area contributed by atoms with Crippen LogP contribution in [0, 0.1) is 17.0 Å². The second-order valence-corrected chi connectivity index (χ2v) is 5.20. The van der Waals surface area contributed by atoms with Gasteiger partial charge in [-0.05, 0) is 25.0 Å². The van der Waals surface area contributed by atoms with Crippen molar-refractivity contribution in [3.8, 4) is 11.6 Å². The molecule has 0 radical (unpaired) electrons. The first-order chi connectivity index (χ1) is 9.90. The maximum atomic E-state index is 10.8. The fourth-order valence-electron chi connectivity index (χ4n) is 1.93. The number of nitro groups is 1. The van der Waals surface area contributed by atoms with E-state index in [9.17, 15) is 10.1 Å². The van der Waals surface area contributed by atoms with E-state index in [0.29, 0.717) is 27.9 Å². The molecule has 0 bridgehead atoms. The van der Waals surface area contributed by atoms with E-state index < -0.39 is 4.92 Å². The third-order valence-electron chi connectivity index (χ3n) is 2.96. The molecule has 0 aliphatic carbocycles. The van der Waals surface area contributed by atoms with Crippen LogP contribution in [0.5, 0.6) is 11.6 Å². The van der Waals surface area contributed by atoms with Crippen LogP contribution >= 0.6 is 11.6 Å². The van der Waals surface area contributed by atoms with Crippen molar-refractivity contribution < 1.29 is 9.66 Å². The topological polar surface area (TPSA) is 78.2 Å². The maximum absolute atomic E-state index is 10.8. The summed E-state index contributed by atoms with van der Waals surface area (Å²) < 4.78 is 5.71. The molecule has 0 aliphatic rings. The Morgan fingerprint density at radius 2 is 2.05 bits per heavy atom. The summed E-state index contributed by atoms with van der Waals surface area (Å²) in [4.78, 5) is 18.4. The number of aryl methyl sites for hydroxylation is 1. The van der Waals surface area contributed by atoms with Crippen molar-refractivity contribution in [1.29, 1.82) is 0 Å². The zero-order valence-corrected chi connectivity index (χ0v) is 12.6. The van der Waals surface area contributed by atoms with E-state index in [1.165, 1.54) is 18.5 Å². The Morgan fingerprint density at radius 1 is 1.33 bits per heavy atom. The summed E-state index contributed by atoms with van der Waals surface area (Å²) in [6.07, 6.45) is 1.32. The van der Waals surface area contributed by atoms with Gasteiger partial charge in [-0.1, -0.05) is 25.4 Å². The Hall–Kier alpha value is -2.21. The van der Waals surface area contributed by atoms with Gasteiger partial charge < -0.3 is 4.74 Å². The Balaban J connectivity index is 2.37. The van der Waals surface area contributed by atoms with Crippen LogP contribution in [-0.2, 0) is 0 Å². The summed E-state index contributed by atoms with van der Waals surface area (Å²) in [5, 5.41) is 11.1. The number of halogens is 1. The van der Waals surface area contributed by atoms with E-state index >= 15 is 0 Å². The molecule has 0 atom stereocenters. The van der Waals surface area contributed by atoms with Gasteiger partial charge in [0.1, 0.15) is 17.2 Å². The fourth-order valence-corrected chi connectivity index (χ4v) is 2.28. The summed E-state index contributed by atoms with van der Waals surface area (Å²) in [5.41, 5.74) is 1.27. The lowest BCUT2D eigenvalue weighted by Crippen LogP contribution is -2.00. The number of benzene rings is 1. The molecule has 1 heterocycles. The van der Waals surface area contributed by atoms with E-state index in [1.54, 1.807) is 13.0 Å². The van der Waals surface area contributed by atoms with Crippen LogP contribution in [0.25, 0.3) is 0 Å². The molecule has 0 aliphatic heterocycles.